The molecule has 1 atom stereocenters. The molecule has 84 valence electrons. The van der Waals surface area contributed by atoms with Gasteiger partial charge in [-0.05, 0) is 26.7 Å². The predicted octanol–water partition coefficient (Wildman–Crippen LogP) is 0.857. The lowest BCUT2D eigenvalue weighted by Gasteiger charge is -2.25. The number of hydrogen-bond acceptors (Lipinski definition) is 3. The second-order valence-corrected chi connectivity index (χ2v) is 7.97. The second kappa shape index (κ2) is 4.72. The highest BCUT2D eigenvalue weighted by atomic mass is 32.2. The summed E-state index contributed by atoms with van der Waals surface area (Å²) in [5.74, 6) is 1.34. The van der Waals surface area contributed by atoms with Crippen molar-refractivity contribution in [3.63, 3.8) is 0 Å². The lowest BCUT2D eigenvalue weighted by Crippen LogP contribution is -2.41. The third-order valence-corrected chi connectivity index (χ3v) is 5.79. The van der Waals surface area contributed by atoms with Gasteiger partial charge in [-0.25, -0.2) is 13.7 Å². The van der Waals surface area contributed by atoms with Gasteiger partial charge < -0.3 is 0 Å². The van der Waals surface area contributed by atoms with E-state index in [1.807, 2.05) is 0 Å². The molecule has 1 heterocycles. The van der Waals surface area contributed by atoms with E-state index in [-0.39, 0.29) is 11.3 Å². The van der Waals surface area contributed by atoms with Crippen LogP contribution in [0, 0.1) is 4.78 Å². The molecule has 1 rings (SSSR count). The van der Waals surface area contributed by atoms with E-state index in [0.29, 0.717) is 11.5 Å². The van der Waals surface area contributed by atoms with Crippen LogP contribution in [0.15, 0.2) is 0 Å². The van der Waals surface area contributed by atoms with Gasteiger partial charge in [-0.3, -0.25) is 4.21 Å². The van der Waals surface area contributed by atoms with Gasteiger partial charge >= 0.3 is 0 Å². The van der Waals surface area contributed by atoms with Crippen LogP contribution in [-0.4, -0.2) is 31.2 Å². The van der Waals surface area contributed by atoms with Crippen molar-refractivity contribution in [3.8, 4) is 0 Å². The molecule has 4 nitrogen and oxygen atoms in total. The van der Waals surface area contributed by atoms with Crippen molar-refractivity contribution in [1.29, 1.82) is 4.78 Å². The van der Waals surface area contributed by atoms with Crippen molar-refractivity contribution >= 4 is 20.7 Å². The van der Waals surface area contributed by atoms with Gasteiger partial charge in [0.2, 0.25) is 0 Å². The molecule has 14 heavy (non-hydrogen) atoms. The first kappa shape index (κ1) is 12.1. The number of hydrogen-bond donors (Lipinski definition) is 2. The van der Waals surface area contributed by atoms with Gasteiger partial charge in [-0.15, -0.1) is 0 Å². The van der Waals surface area contributed by atoms with Crippen LogP contribution in [-0.2, 0) is 20.7 Å². The Morgan fingerprint density at radius 2 is 1.93 bits per heavy atom. The van der Waals surface area contributed by atoms with Gasteiger partial charge in [-0.1, -0.05) is 0 Å². The zero-order chi connectivity index (χ0) is 10.8. The van der Waals surface area contributed by atoms with E-state index in [0.717, 1.165) is 12.8 Å². The Bertz CT molecular complexity index is 301. The Balaban J connectivity index is 2.50. The summed E-state index contributed by atoms with van der Waals surface area (Å²) < 4.78 is 33.3. The monoisotopic (exact) mass is 238 g/mol. The molecule has 0 aromatic heterocycles. The van der Waals surface area contributed by atoms with E-state index in [1.54, 1.807) is 13.8 Å². The van der Waals surface area contributed by atoms with Crippen molar-refractivity contribution in [2.75, 3.05) is 11.5 Å². The van der Waals surface area contributed by atoms with Crippen LogP contribution in [0.3, 0.4) is 0 Å². The summed E-state index contributed by atoms with van der Waals surface area (Å²) in [7, 11) is -3.36. The Morgan fingerprint density at radius 1 is 1.43 bits per heavy atom. The van der Waals surface area contributed by atoms with Crippen molar-refractivity contribution in [1.82, 2.24) is 4.72 Å². The molecule has 1 aliphatic rings. The van der Waals surface area contributed by atoms with Crippen LogP contribution < -0.4 is 4.72 Å². The fourth-order valence-corrected chi connectivity index (χ4v) is 3.60. The number of nitrogens with one attached hydrogen (secondary N) is 2. The molecule has 1 saturated heterocycles. The summed E-state index contributed by atoms with van der Waals surface area (Å²) in [4.78, 5) is 0. The molecule has 0 aromatic rings. The molecule has 0 aliphatic carbocycles. The van der Waals surface area contributed by atoms with Crippen LogP contribution in [0.25, 0.3) is 0 Å². The minimum absolute atomic E-state index is 0.111. The Morgan fingerprint density at radius 3 is 2.36 bits per heavy atom. The third kappa shape index (κ3) is 3.33. The topological polar surface area (TPSA) is 70.0 Å². The maximum Gasteiger partial charge on any atom is 0.107 e. The van der Waals surface area contributed by atoms with E-state index in [9.17, 15) is 8.42 Å². The van der Waals surface area contributed by atoms with Crippen molar-refractivity contribution in [3.05, 3.63) is 0 Å². The summed E-state index contributed by atoms with van der Waals surface area (Å²) in [6.07, 6.45) is 1.55. The van der Waals surface area contributed by atoms with Crippen molar-refractivity contribution in [2.24, 2.45) is 0 Å². The number of rotatable bonds is 3. The molecule has 1 aliphatic heterocycles. The molecule has 1 fully saturated rings. The highest BCUT2D eigenvalue weighted by molar-refractivity contribution is 7.91. The van der Waals surface area contributed by atoms with Crippen LogP contribution >= 0.6 is 0 Å². The average molecular weight is 238 g/mol. The predicted molar refractivity (Wildman–Crippen MR) is 60.0 cm³/mol. The SMILES string of the molecule is CC(C)S(=N)(=O)NC1CCS(=O)CC1. The van der Waals surface area contributed by atoms with Crippen molar-refractivity contribution < 1.29 is 8.42 Å². The van der Waals surface area contributed by atoms with Gasteiger partial charge in [0.1, 0.15) is 9.92 Å². The fraction of sp³-hybridized carbons (Fsp3) is 1.00. The van der Waals surface area contributed by atoms with E-state index < -0.39 is 20.7 Å². The molecule has 2 N–H and O–H groups in total. The Kier molecular flexibility index (Phi) is 4.09. The first-order valence-electron chi connectivity index (χ1n) is 4.81. The van der Waals surface area contributed by atoms with Crippen LogP contribution in [0.5, 0.6) is 0 Å². The van der Waals surface area contributed by atoms with Crippen LogP contribution in [0.2, 0.25) is 0 Å². The minimum Gasteiger partial charge on any atom is -0.260 e. The molecular formula is C8H18N2O2S2. The summed E-state index contributed by atoms with van der Waals surface area (Å²) >= 11 is 0. The molecule has 0 radical (unpaired) electrons. The second-order valence-electron chi connectivity index (χ2n) is 3.89. The van der Waals surface area contributed by atoms with Gasteiger partial charge in [0.05, 0.1) is 5.25 Å². The molecular weight excluding hydrogens is 220 g/mol. The third-order valence-electron chi connectivity index (χ3n) is 2.39. The quantitative estimate of drug-likeness (QED) is 0.765. The molecule has 0 amide bonds. The highest BCUT2D eigenvalue weighted by Gasteiger charge is 2.22. The van der Waals surface area contributed by atoms with Gasteiger partial charge in [-0.2, -0.15) is 0 Å². The summed E-state index contributed by atoms with van der Waals surface area (Å²) in [5, 5.41) is -0.171. The maximum atomic E-state index is 11.7. The minimum atomic E-state index is -2.66. The van der Waals surface area contributed by atoms with E-state index in [2.05, 4.69) is 4.72 Å². The van der Waals surface area contributed by atoms with Crippen LogP contribution in [0.1, 0.15) is 26.7 Å². The smallest absolute Gasteiger partial charge is 0.107 e. The van der Waals surface area contributed by atoms with Gasteiger partial charge in [0.15, 0.2) is 0 Å². The zero-order valence-corrected chi connectivity index (χ0v) is 10.2. The highest BCUT2D eigenvalue weighted by Crippen LogP contribution is 2.11. The first-order valence-corrected chi connectivity index (χ1v) is 7.92. The molecule has 0 spiro atoms. The molecule has 0 aromatic carbocycles. The van der Waals surface area contributed by atoms with Gasteiger partial charge in [0, 0.05) is 28.3 Å². The Hall–Kier alpha value is 0.0600. The maximum absolute atomic E-state index is 11.7. The summed E-state index contributed by atoms with van der Waals surface area (Å²) in [6, 6.07) is 0.111. The largest absolute Gasteiger partial charge is 0.260 e. The molecule has 0 saturated carbocycles. The lowest BCUT2D eigenvalue weighted by atomic mass is 10.2. The van der Waals surface area contributed by atoms with Gasteiger partial charge in [0.25, 0.3) is 0 Å². The zero-order valence-electron chi connectivity index (χ0n) is 8.62. The van der Waals surface area contributed by atoms with E-state index >= 15 is 0 Å². The first-order chi connectivity index (χ1) is 6.42. The normalized spacial score (nSPS) is 32.8. The Labute approximate surface area is 88.4 Å². The van der Waals surface area contributed by atoms with Crippen molar-refractivity contribution in [2.45, 2.75) is 38.0 Å². The van der Waals surface area contributed by atoms with Crippen LogP contribution in [0.4, 0.5) is 0 Å². The molecule has 0 bridgehead atoms. The molecule has 6 heteroatoms. The fourth-order valence-electron chi connectivity index (χ4n) is 1.30. The standard InChI is InChI=1S/C8H18N2O2S2/c1-7(2)14(9,12)10-8-3-5-13(11)6-4-8/h7-8H,3-6H2,1-2H3,(H2,9,10,12). The lowest BCUT2D eigenvalue weighted by molar-refractivity contribution is 0.547. The summed E-state index contributed by atoms with van der Waals surface area (Å²) in [5.41, 5.74) is 0. The van der Waals surface area contributed by atoms with E-state index in [4.69, 9.17) is 4.78 Å². The molecule has 1 unspecified atom stereocenters. The average Bonchev–Trinajstić information content (AvgIpc) is 2.08. The summed E-state index contributed by atoms with van der Waals surface area (Å²) in [6.45, 7) is 3.56. The van der Waals surface area contributed by atoms with E-state index in [1.165, 1.54) is 0 Å².